The largest absolute Gasteiger partial charge is 0.349 e. The van der Waals surface area contributed by atoms with Crippen molar-refractivity contribution in [1.29, 1.82) is 0 Å². The van der Waals surface area contributed by atoms with Gasteiger partial charge in [0, 0.05) is 32.5 Å². The maximum atomic E-state index is 11.7. The highest BCUT2D eigenvalue weighted by molar-refractivity contribution is 5.76. The summed E-state index contributed by atoms with van der Waals surface area (Å²) < 4.78 is 0. The lowest BCUT2D eigenvalue weighted by Gasteiger charge is -2.22. The molecule has 1 aromatic rings. The molecule has 2 unspecified atom stereocenters. The van der Waals surface area contributed by atoms with E-state index in [1.165, 1.54) is 0 Å². The summed E-state index contributed by atoms with van der Waals surface area (Å²) in [6, 6.07) is 9.95. The van der Waals surface area contributed by atoms with Crippen LogP contribution in [-0.2, 0) is 4.79 Å². The van der Waals surface area contributed by atoms with Gasteiger partial charge in [0.05, 0.1) is 0 Å². The smallest absolute Gasteiger partial charge is 0.222 e. The van der Waals surface area contributed by atoms with E-state index in [0.29, 0.717) is 6.42 Å². The highest BCUT2D eigenvalue weighted by Gasteiger charge is 2.20. The molecule has 0 radical (unpaired) electrons. The van der Waals surface area contributed by atoms with Gasteiger partial charge in [-0.15, -0.1) is 0 Å². The van der Waals surface area contributed by atoms with Crippen molar-refractivity contribution in [2.24, 2.45) is 5.73 Å². The molecule has 3 nitrogen and oxygen atoms in total. The van der Waals surface area contributed by atoms with Crippen LogP contribution in [0.25, 0.3) is 0 Å². The third-order valence-corrected chi connectivity index (χ3v) is 2.76. The van der Waals surface area contributed by atoms with E-state index in [1.807, 2.05) is 37.3 Å². The molecule has 0 heterocycles. The Morgan fingerprint density at radius 3 is 2.31 bits per heavy atom. The number of carbonyl (C=O) groups excluding carboxylic acids is 1. The molecule has 0 aromatic heterocycles. The Bertz CT molecular complexity index is 333. The molecule has 0 fully saturated rings. The normalized spacial score (nSPS) is 14.2. The molecule has 1 amide bonds. The molecule has 3 heteroatoms. The number of amides is 1. The molecule has 1 aromatic carbocycles. The van der Waals surface area contributed by atoms with Gasteiger partial charge in [-0.05, 0) is 12.5 Å². The highest BCUT2D eigenvalue weighted by Crippen LogP contribution is 2.22. The number of hydrogen-bond acceptors (Lipinski definition) is 2. The fourth-order valence-corrected chi connectivity index (χ4v) is 1.68. The lowest BCUT2D eigenvalue weighted by molar-refractivity contribution is -0.129. The first-order chi connectivity index (χ1) is 7.52. The van der Waals surface area contributed by atoms with Crippen LogP contribution in [0, 0.1) is 0 Å². The van der Waals surface area contributed by atoms with Crippen molar-refractivity contribution in [3.05, 3.63) is 35.9 Å². The standard InChI is InChI=1S/C13H20N2O/c1-10(14)12(9-13(16)15(2)3)11-7-5-4-6-8-11/h4-8,10,12H,9,14H2,1-3H3. The monoisotopic (exact) mass is 220 g/mol. The predicted molar refractivity (Wildman–Crippen MR) is 66.1 cm³/mol. The Hall–Kier alpha value is -1.35. The first-order valence-electron chi connectivity index (χ1n) is 5.53. The van der Waals surface area contributed by atoms with Crippen LogP contribution in [-0.4, -0.2) is 30.9 Å². The van der Waals surface area contributed by atoms with Gasteiger partial charge >= 0.3 is 0 Å². The van der Waals surface area contributed by atoms with Crippen LogP contribution in [0.4, 0.5) is 0 Å². The van der Waals surface area contributed by atoms with Gasteiger partial charge in [0.15, 0.2) is 0 Å². The number of rotatable bonds is 4. The van der Waals surface area contributed by atoms with Crippen molar-refractivity contribution in [3.63, 3.8) is 0 Å². The Kier molecular flexibility index (Phi) is 4.50. The van der Waals surface area contributed by atoms with Gasteiger partial charge in [0.25, 0.3) is 0 Å². The zero-order valence-corrected chi connectivity index (χ0v) is 10.2. The van der Waals surface area contributed by atoms with Crippen LogP contribution < -0.4 is 5.73 Å². The molecule has 0 aliphatic carbocycles. The van der Waals surface area contributed by atoms with Gasteiger partial charge in [-0.3, -0.25) is 4.79 Å². The topological polar surface area (TPSA) is 46.3 Å². The summed E-state index contributed by atoms with van der Waals surface area (Å²) in [4.78, 5) is 13.3. The first-order valence-corrected chi connectivity index (χ1v) is 5.53. The van der Waals surface area contributed by atoms with Gasteiger partial charge < -0.3 is 10.6 Å². The second-order valence-corrected chi connectivity index (χ2v) is 4.37. The summed E-state index contributed by atoms with van der Waals surface area (Å²) >= 11 is 0. The van der Waals surface area contributed by atoms with E-state index in [0.717, 1.165) is 5.56 Å². The van der Waals surface area contributed by atoms with E-state index in [-0.39, 0.29) is 17.9 Å². The molecule has 0 aliphatic rings. The van der Waals surface area contributed by atoms with Crippen LogP contribution >= 0.6 is 0 Å². The van der Waals surface area contributed by atoms with Crippen molar-refractivity contribution in [3.8, 4) is 0 Å². The van der Waals surface area contributed by atoms with E-state index in [4.69, 9.17) is 5.73 Å². The molecule has 0 saturated carbocycles. The molecular weight excluding hydrogens is 200 g/mol. The SMILES string of the molecule is CC(N)C(CC(=O)N(C)C)c1ccccc1. The molecular formula is C13H20N2O. The summed E-state index contributed by atoms with van der Waals surface area (Å²) in [6.07, 6.45) is 0.467. The minimum absolute atomic E-state index is 0.0219. The highest BCUT2D eigenvalue weighted by atomic mass is 16.2. The molecule has 16 heavy (non-hydrogen) atoms. The van der Waals surface area contributed by atoms with Gasteiger partial charge in [0.1, 0.15) is 0 Å². The Morgan fingerprint density at radius 1 is 1.31 bits per heavy atom. The van der Waals surface area contributed by atoms with Gasteiger partial charge in [0.2, 0.25) is 5.91 Å². The maximum Gasteiger partial charge on any atom is 0.222 e. The van der Waals surface area contributed by atoms with Crippen molar-refractivity contribution in [1.82, 2.24) is 4.90 Å². The predicted octanol–water partition coefficient (Wildman–Crippen LogP) is 1.60. The lowest BCUT2D eigenvalue weighted by Crippen LogP contribution is -2.31. The number of hydrogen-bond donors (Lipinski definition) is 1. The van der Waals surface area contributed by atoms with Gasteiger partial charge in [-0.25, -0.2) is 0 Å². The third-order valence-electron chi connectivity index (χ3n) is 2.76. The van der Waals surface area contributed by atoms with E-state index < -0.39 is 0 Å². The van der Waals surface area contributed by atoms with E-state index in [9.17, 15) is 4.79 Å². The average molecular weight is 220 g/mol. The van der Waals surface area contributed by atoms with E-state index >= 15 is 0 Å². The number of benzene rings is 1. The number of nitrogens with zero attached hydrogens (tertiary/aromatic N) is 1. The number of nitrogens with two attached hydrogens (primary N) is 1. The summed E-state index contributed by atoms with van der Waals surface area (Å²) in [6.45, 7) is 1.95. The zero-order chi connectivity index (χ0) is 12.1. The molecule has 1 rings (SSSR count). The Morgan fingerprint density at radius 2 is 1.88 bits per heavy atom. The van der Waals surface area contributed by atoms with Crippen LogP contribution in [0.3, 0.4) is 0 Å². The first kappa shape index (κ1) is 12.7. The molecule has 2 N–H and O–H groups in total. The van der Waals surface area contributed by atoms with Crippen molar-refractivity contribution in [2.45, 2.75) is 25.3 Å². The van der Waals surface area contributed by atoms with Crippen molar-refractivity contribution < 1.29 is 4.79 Å². The minimum atomic E-state index is -0.0219. The minimum Gasteiger partial charge on any atom is -0.349 e. The van der Waals surface area contributed by atoms with E-state index in [1.54, 1.807) is 19.0 Å². The van der Waals surface area contributed by atoms with Crippen molar-refractivity contribution in [2.75, 3.05) is 14.1 Å². The summed E-state index contributed by atoms with van der Waals surface area (Å²) in [5.74, 6) is 0.210. The van der Waals surface area contributed by atoms with Gasteiger partial charge in [-0.2, -0.15) is 0 Å². The number of carbonyl (C=O) groups is 1. The Balaban J connectivity index is 2.81. The van der Waals surface area contributed by atoms with Crippen LogP contribution in [0.15, 0.2) is 30.3 Å². The summed E-state index contributed by atoms with van der Waals surface area (Å²) in [7, 11) is 3.54. The second kappa shape index (κ2) is 5.66. The summed E-state index contributed by atoms with van der Waals surface area (Å²) in [5.41, 5.74) is 7.08. The molecule has 2 atom stereocenters. The van der Waals surface area contributed by atoms with Gasteiger partial charge in [-0.1, -0.05) is 30.3 Å². The molecule has 0 saturated heterocycles. The lowest BCUT2D eigenvalue weighted by atomic mass is 9.89. The third kappa shape index (κ3) is 3.35. The summed E-state index contributed by atoms with van der Waals surface area (Å²) in [5, 5.41) is 0. The van der Waals surface area contributed by atoms with Crippen LogP contribution in [0.1, 0.15) is 24.8 Å². The Labute approximate surface area is 97.2 Å². The average Bonchev–Trinajstić information content (AvgIpc) is 2.26. The fraction of sp³-hybridized carbons (Fsp3) is 0.462. The quantitative estimate of drug-likeness (QED) is 0.837. The second-order valence-electron chi connectivity index (χ2n) is 4.37. The zero-order valence-electron chi connectivity index (χ0n) is 10.2. The van der Waals surface area contributed by atoms with E-state index in [2.05, 4.69) is 0 Å². The molecule has 0 bridgehead atoms. The maximum absolute atomic E-state index is 11.7. The molecule has 0 spiro atoms. The fourth-order valence-electron chi connectivity index (χ4n) is 1.68. The van der Waals surface area contributed by atoms with Crippen LogP contribution in [0.2, 0.25) is 0 Å². The van der Waals surface area contributed by atoms with Crippen LogP contribution in [0.5, 0.6) is 0 Å². The molecule has 0 aliphatic heterocycles. The molecule has 88 valence electrons. The van der Waals surface area contributed by atoms with Crippen molar-refractivity contribution >= 4 is 5.91 Å².